The van der Waals surface area contributed by atoms with E-state index in [9.17, 15) is 18.0 Å². The van der Waals surface area contributed by atoms with E-state index >= 15 is 0 Å². The summed E-state index contributed by atoms with van der Waals surface area (Å²) in [6, 6.07) is 3.96. The highest BCUT2D eigenvalue weighted by Gasteiger charge is 2.31. The third-order valence-electron chi connectivity index (χ3n) is 2.11. The van der Waals surface area contributed by atoms with Gasteiger partial charge in [-0.25, -0.2) is 0 Å². The molecule has 1 aromatic carbocycles. The number of alkyl halides is 3. The molecule has 8 heteroatoms. The molecule has 0 aromatic heterocycles. The topological polar surface area (TPSA) is 50.4 Å². The molecule has 1 aromatic rings. The van der Waals surface area contributed by atoms with Crippen LogP contribution in [0.4, 0.5) is 18.9 Å². The van der Waals surface area contributed by atoms with E-state index in [-0.39, 0.29) is 28.7 Å². The van der Waals surface area contributed by atoms with E-state index in [1.807, 2.05) is 13.8 Å². The zero-order chi connectivity index (χ0) is 15.3. The van der Waals surface area contributed by atoms with Gasteiger partial charge in [0.25, 0.3) is 0 Å². The minimum atomic E-state index is -4.76. The van der Waals surface area contributed by atoms with Crippen molar-refractivity contribution < 1.29 is 22.7 Å². The number of hydrogen-bond acceptors (Lipinski definition) is 3. The van der Waals surface area contributed by atoms with Gasteiger partial charge in [0.1, 0.15) is 5.75 Å². The molecule has 1 rings (SSSR count). The normalized spacial score (nSPS) is 11.6. The van der Waals surface area contributed by atoms with Gasteiger partial charge in [-0.1, -0.05) is 13.8 Å². The van der Waals surface area contributed by atoms with Gasteiger partial charge in [0.05, 0.1) is 11.0 Å². The highest BCUT2D eigenvalue weighted by atomic mass is 79.9. The Morgan fingerprint density at radius 2 is 2.05 bits per heavy atom. The number of anilines is 1. The number of halogens is 4. The Labute approximate surface area is 122 Å². The summed E-state index contributed by atoms with van der Waals surface area (Å²) in [4.78, 5) is 11.5. The van der Waals surface area contributed by atoms with Crippen molar-refractivity contribution in [2.75, 3.05) is 11.9 Å². The van der Waals surface area contributed by atoms with E-state index in [2.05, 4.69) is 31.3 Å². The first kappa shape index (κ1) is 16.8. The number of ether oxygens (including phenoxy) is 1. The number of benzene rings is 1. The van der Waals surface area contributed by atoms with Crippen LogP contribution in [0.2, 0.25) is 0 Å². The standard InChI is InChI=1S/C12H14BrF3N2O2/c1-7(2)17-6-11(19)18-8-3-4-10(9(13)5-8)20-12(14,15)16/h3-5,7,17H,6H2,1-2H3,(H,18,19). The minimum Gasteiger partial charge on any atom is -0.405 e. The molecule has 2 N–H and O–H groups in total. The lowest BCUT2D eigenvalue weighted by molar-refractivity contribution is -0.274. The molecule has 0 spiro atoms. The van der Waals surface area contributed by atoms with Crippen LogP contribution < -0.4 is 15.4 Å². The Kier molecular flexibility index (Phi) is 5.82. The first-order valence-electron chi connectivity index (χ1n) is 5.76. The molecular weight excluding hydrogens is 341 g/mol. The lowest BCUT2D eigenvalue weighted by atomic mass is 10.3. The number of nitrogens with one attached hydrogen (secondary N) is 2. The Hall–Kier alpha value is -1.28. The van der Waals surface area contributed by atoms with E-state index in [1.54, 1.807) is 0 Å². The maximum Gasteiger partial charge on any atom is 0.573 e. The number of amides is 1. The summed E-state index contributed by atoms with van der Waals surface area (Å²) in [6.07, 6.45) is -4.76. The first-order valence-corrected chi connectivity index (χ1v) is 6.55. The summed E-state index contributed by atoms with van der Waals surface area (Å²) in [5.41, 5.74) is 0.377. The van der Waals surface area contributed by atoms with E-state index in [0.29, 0.717) is 5.69 Å². The second kappa shape index (κ2) is 6.94. The minimum absolute atomic E-state index is 0.101. The number of carbonyl (C=O) groups excluding carboxylic acids is 1. The average Bonchev–Trinajstić information content (AvgIpc) is 2.28. The summed E-state index contributed by atoms with van der Waals surface area (Å²) in [5, 5.41) is 5.49. The van der Waals surface area contributed by atoms with Crippen molar-refractivity contribution in [2.45, 2.75) is 26.3 Å². The molecule has 0 bridgehead atoms. The van der Waals surface area contributed by atoms with Gasteiger partial charge in [-0.05, 0) is 34.1 Å². The largest absolute Gasteiger partial charge is 0.573 e. The fourth-order valence-electron chi connectivity index (χ4n) is 1.29. The molecule has 0 aliphatic rings. The Morgan fingerprint density at radius 1 is 1.40 bits per heavy atom. The molecule has 0 aliphatic heterocycles. The second-order valence-corrected chi connectivity index (χ2v) is 5.13. The maximum absolute atomic E-state index is 12.1. The molecule has 0 saturated carbocycles. The number of carbonyl (C=O) groups is 1. The van der Waals surface area contributed by atoms with Crippen LogP contribution in [0, 0.1) is 0 Å². The van der Waals surface area contributed by atoms with Gasteiger partial charge in [-0.2, -0.15) is 0 Å². The zero-order valence-corrected chi connectivity index (χ0v) is 12.4. The van der Waals surface area contributed by atoms with Crippen molar-refractivity contribution in [3.8, 4) is 5.75 Å². The number of rotatable bonds is 5. The van der Waals surface area contributed by atoms with Gasteiger partial charge < -0.3 is 15.4 Å². The van der Waals surface area contributed by atoms with Gasteiger partial charge in [0.15, 0.2) is 0 Å². The lowest BCUT2D eigenvalue weighted by Gasteiger charge is -2.12. The van der Waals surface area contributed by atoms with E-state index < -0.39 is 6.36 Å². The molecule has 0 radical (unpaired) electrons. The molecule has 0 atom stereocenters. The maximum atomic E-state index is 12.1. The van der Waals surface area contributed by atoms with Gasteiger partial charge in [0.2, 0.25) is 5.91 Å². The summed E-state index contributed by atoms with van der Waals surface area (Å²) in [6.45, 7) is 3.91. The SMILES string of the molecule is CC(C)NCC(=O)Nc1ccc(OC(F)(F)F)c(Br)c1. The van der Waals surface area contributed by atoms with Gasteiger partial charge in [-0.15, -0.1) is 13.2 Å². The Bertz CT molecular complexity index is 478. The van der Waals surface area contributed by atoms with Gasteiger partial charge in [0, 0.05) is 11.7 Å². The van der Waals surface area contributed by atoms with E-state index in [0.717, 1.165) is 6.07 Å². The Balaban J connectivity index is 2.65. The van der Waals surface area contributed by atoms with Crippen molar-refractivity contribution in [1.82, 2.24) is 5.32 Å². The molecule has 0 fully saturated rings. The highest BCUT2D eigenvalue weighted by molar-refractivity contribution is 9.10. The van der Waals surface area contributed by atoms with Gasteiger partial charge >= 0.3 is 6.36 Å². The zero-order valence-electron chi connectivity index (χ0n) is 10.8. The van der Waals surface area contributed by atoms with Crippen LogP contribution in [0.3, 0.4) is 0 Å². The smallest absolute Gasteiger partial charge is 0.405 e. The average molecular weight is 355 g/mol. The van der Waals surface area contributed by atoms with Crippen molar-refractivity contribution >= 4 is 27.5 Å². The molecular formula is C12H14BrF3N2O2. The quantitative estimate of drug-likeness (QED) is 0.852. The second-order valence-electron chi connectivity index (χ2n) is 4.28. The lowest BCUT2D eigenvalue weighted by Crippen LogP contribution is -2.32. The summed E-state index contributed by atoms with van der Waals surface area (Å²) in [5.74, 6) is -0.647. The third kappa shape index (κ3) is 6.25. The van der Waals surface area contributed by atoms with Crippen LogP contribution >= 0.6 is 15.9 Å². The summed E-state index contributed by atoms with van der Waals surface area (Å²) in [7, 11) is 0. The van der Waals surface area contributed by atoms with Crippen LogP contribution in [0.1, 0.15) is 13.8 Å². The van der Waals surface area contributed by atoms with Crippen LogP contribution in [0.15, 0.2) is 22.7 Å². The summed E-state index contributed by atoms with van der Waals surface area (Å²) < 4.78 is 40.2. The van der Waals surface area contributed by atoms with E-state index in [1.165, 1.54) is 12.1 Å². The molecule has 4 nitrogen and oxygen atoms in total. The van der Waals surface area contributed by atoms with Gasteiger partial charge in [-0.3, -0.25) is 4.79 Å². The molecule has 0 aliphatic carbocycles. The van der Waals surface area contributed by atoms with Crippen LogP contribution in [0.5, 0.6) is 5.75 Å². The van der Waals surface area contributed by atoms with Crippen molar-refractivity contribution in [3.63, 3.8) is 0 Å². The first-order chi connectivity index (χ1) is 9.17. The molecule has 1 amide bonds. The molecule has 0 saturated heterocycles. The highest BCUT2D eigenvalue weighted by Crippen LogP contribution is 2.32. The fourth-order valence-corrected chi connectivity index (χ4v) is 1.75. The van der Waals surface area contributed by atoms with Crippen molar-refractivity contribution in [2.24, 2.45) is 0 Å². The molecule has 0 unspecified atom stereocenters. The predicted molar refractivity (Wildman–Crippen MR) is 72.6 cm³/mol. The van der Waals surface area contributed by atoms with Crippen molar-refractivity contribution in [1.29, 1.82) is 0 Å². The molecule has 112 valence electrons. The number of hydrogen-bond donors (Lipinski definition) is 2. The predicted octanol–water partition coefficient (Wildman–Crippen LogP) is 3.28. The molecule has 0 heterocycles. The van der Waals surface area contributed by atoms with Crippen LogP contribution in [-0.2, 0) is 4.79 Å². The third-order valence-corrected chi connectivity index (χ3v) is 2.73. The van der Waals surface area contributed by atoms with Crippen molar-refractivity contribution in [3.05, 3.63) is 22.7 Å². The summed E-state index contributed by atoms with van der Waals surface area (Å²) >= 11 is 2.96. The van der Waals surface area contributed by atoms with Crippen LogP contribution in [-0.4, -0.2) is 24.9 Å². The monoisotopic (exact) mass is 354 g/mol. The van der Waals surface area contributed by atoms with Crippen LogP contribution in [0.25, 0.3) is 0 Å². The fraction of sp³-hybridized carbons (Fsp3) is 0.417. The van der Waals surface area contributed by atoms with E-state index in [4.69, 9.17) is 0 Å². The Morgan fingerprint density at radius 3 is 2.55 bits per heavy atom. The molecule has 20 heavy (non-hydrogen) atoms.